The molecule has 3 atom stereocenters. The molecule has 0 aliphatic carbocycles. The van der Waals surface area contributed by atoms with Crippen LogP contribution >= 0.6 is 0 Å². The van der Waals surface area contributed by atoms with E-state index in [0.29, 0.717) is 12.1 Å². The first-order valence-corrected chi connectivity index (χ1v) is 6.72. The van der Waals surface area contributed by atoms with Crippen LogP contribution in [0.5, 0.6) is 0 Å². The van der Waals surface area contributed by atoms with Crippen LogP contribution in [-0.2, 0) is 0 Å². The Morgan fingerprint density at radius 1 is 1.25 bits per heavy atom. The summed E-state index contributed by atoms with van der Waals surface area (Å²) in [5, 5.41) is 7.29. The van der Waals surface area contributed by atoms with Gasteiger partial charge in [-0.3, -0.25) is 0 Å². The quantitative estimate of drug-likeness (QED) is 0.719. The smallest absolute Gasteiger partial charge is 0.0168 e. The van der Waals surface area contributed by atoms with Gasteiger partial charge < -0.3 is 15.5 Å². The minimum Gasteiger partial charge on any atom is -0.314 e. The maximum atomic E-state index is 3.68. The Labute approximate surface area is 101 Å². The van der Waals surface area contributed by atoms with E-state index < -0.39 is 0 Å². The lowest BCUT2D eigenvalue weighted by Crippen LogP contribution is -2.45. The van der Waals surface area contributed by atoms with E-state index in [4.69, 9.17) is 0 Å². The molecule has 3 nitrogen and oxygen atoms in total. The van der Waals surface area contributed by atoms with Crippen LogP contribution in [0.3, 0.4) is 0 Å². The van der Waals surface area contributed by atoms with Gasteiger partial charge in [0.15, 0.2) is 0 Å². The van der Waals surface area contributed by atoms with Crippen molar-refractivity contribution in [2.45, 2.75) is 57.7 Å². The van der Waals surface area contributed by atoms with Gasteiger partial charge in [-0.15, -0.1) is 0 Å². The summed E-state index contributed by atoms with van der Waals surface area (Å²) in [5.41, 5.74) is 0. The zero-order chi connectivity index (χ0) is 12.0. The highest BCUT2D eigenvalue weighted by atomic mass is 15.1. The maximum Gasteiger partial charge on any atom is 0.0168 e. The zero-order valence-electron chi connectivity index (χ0n) is 11.4. The molecule has 1 aliphatic heterocycles. The van der Waals surface area contributed by atoms with Gasteiger partial charge in [0.05, 0.1) is 0 Å². The summed E-state index contributed by atoms with van der Waals surface area (Å²) in [6.45, 7) is 6.90. The highest BCUT2D eigenvalue weighted by Gasteiger charge is 2.16. The second-order valence-corrected chi connectivity index (χ2v) is 5.61. The van der Waals surface area contributed by atoms with Crippen molar-refractivity contribution >= 4 is 0 Å². The zero-order valence-corrected chi connectivity index (χ0v) is 11.4. The summed E-state index contributed by atoms with van der Waals surface area (Å²) < 4.78 is 0. The second kappa shape index (κ2) is 7.25. The molecule has 0 saturated carbocycles. The predicted molar refractivity (Wildman–Crippen MR) is 70.9 cm³/mol. The van der Waals surface area contributed by atoms with Gasteiger partial charge in [-0.25, -0.2) is 0 Å². The Morgan fingerprint density at radius 3 is 2.56 bits per heavy atom. The van der Waals surface area contributed by atoms with Crippen molar-refractivity contribution in [3.05, 3.63) is 0 Å². The molecule has 2 N–H and O–H groups in total. The van der Waals surface area contributed by atoms with Gasteiger partial charge in [-0.2, -0.15) is 0 Å². The molecule has 0 aromatic carbocycles. The van der Waals surface area contributed by atoms with Crippen molar-refractivity contribution in [2.24, 2.45) is 0 Å². The van der Waals surface area contributed by atoms with Gasteiger partial charge in [0, 0.05) is 24.7 Å². The summed E-state index contributed by atoms with van der Waals surface area (Å²) in [5.74, 6) is 0. The molecule has 1 rings (SSSR count). The molecule has 3 unspecified atom stereocenters. The van der Waals surface area contributed by atoms with Gasteiger partial charge in [-0.1, -0.05) is 6.42 Å². The van der Waals surface area contributed by atoms with Crippen molar-refractivity contribution < 1.29 is 0 Å². The van der Waals surface area contributed by atoms with E-state index in [0.717, 1.165) is 12.6 Å². The van der Waals surface area contributed by atoms with E-state index in [1.54, 1.807) is 0 Å². The Kier molecular flexibility index (Phi) is 6.32. The number of rotatable bonds is 6. The van der Waals surface area contributed by atoms with Crippen molar-refractivity contribution in [2.75, 3.05) is 27.2 Å². The second-order valence-electron chi connectivity index (χ2n) is 5.61. The van der Waals surface area contributed by atoms with Gasteiger partial charge in [0.1, 0.15) is 0 Å². The van der Waals surface area contributed by atoms with Crippen LogP contribution in [0.25, 0.3) is 0 Å². The van der Waals surface area contributed by atoms with E-state index in [2.05, 4.69) is 43.5 Å². The molecule has 3 heteroatoms. The first kappa shape index (κ1) is 13.9. The normalized spacial score (nSPS) is 25.7. The predicted octanol–water partition coefficient (Wildman–Crippen LogP) is 1.45. The Balaban J connectivity index is 2.15. The lowest BCUT2D eigenvalue weighted by Gasteiger charge is -2.29. The average Bonchev–Trinajstić information content (AvgIpc) is 2.17. The van der Waals surface area contributed by atoms with Crippen LogP contribution in [0.2, 0.25) is 0 Å². The Morgan fingerprint density at radius 2 is 2.00 bits per heavy atom. The summed E-state index contributed by atoms with van der Waals surface area (Å²) in [7, 11) is 4.26. The summed E-state index contributed by atoms with van der Waals surface area (Å²) in [4.78, 5) is 2.24. The molecular formula is C13H29N3. The van der Waals surface area contributed by atoms with Gasteiger partial charge in [0.2, 0.25) is 0 Å². The number of nitrogens with one attached hydrogen (secondary N) is 2. The summed E-state index contributed by atoms with van der Waals surface area (Å²) in [6.07, 6.45) is 5.37. The molecule has 0 amide bonds. The SMILES string of the molecule is CC(CC1CCCCN1)NC(C)CN(C)C. The van der Waals surface area contributed by atoms with E-state index in [1.807, 2.05) is 0 Å². The monoisotopic (exact) mass is 227 g/mol. The number of likely N-dealkylation sites (N-methyl/N-ethyl adjacent to an activating group) is 1. The highest BCUT2D eigenvalue weighted by molar-refractivity contribution is 4.78. The molecule has 0 aromatic heterocycles. The molecule has 0 aromatic rings. The van der Waals surface area contributed by atoms with Gasteiger partial charge in [0.25, 0.3) is 0 Å². The standard InChI is InChI=1S/C13H29N3/c1-11(15-12(2)10-16(3)4)9-13-7-5-6-8-14-13/h11-15H,5-10H2,1-4H3. The van der Waals surface area contributed by atoms with Crippen LogP contribution in [0.1, 0.15) is 39.5 Å². The lowest BCUT2D eigenvalue weighted by molar-refractivity contribution is 0.300. The third-order valence-electron chi connectivity index (χ3n) is 3.26. The molecular weight excluding hydrogens is 198 g/mol. The van der Waals surface area contributed by atoms with Crippen LogP contribution in [-0.4, -0.2) is 50.2 Å². The van der Waals surface area contributed by atoms with E-state index in [-0.39, 0.29) is 0 Å². The van der Waals surface area contributed by atoms with Crippen molar-refractivity contribution in [3.8, 4) is 0 Å². The third kappa shape index (κ3) is 5.83. The maximum absolute atomic E-state index is 3.68. The molecule has 0 bridgehead atoms. The molecule has 1 aliphatic rings. The van der Waals surface area contributed by atoms with Crippen molar-refractivity contribution in [1.29, 1.82) is 0 Å². The fraction of sp³-hybridized carbons (Fsp3) is 1.00. The van der Waals surface area contributed by atoms with Crippen LogP contribution in [0, 0.1) is 0 Å². The number of hydrogen-bond acceptors (Lipinski definition) is 3. The highest BCUT2D eigenvalue weighted by Crippen LogP contribution is 2.12. The van der Waals surface area contributed by atoms with Crippen molar-refractivity contribution in [3.63, 3.8) is 0 Å². The average molecular weight is 227 g/mol. The Hall–Kier alpha value is -0.120. The number of piperidine rings is 1. The molecule has 1 fully saturated rings. The van der Waals surface area contributed by atoms with Crippen LogP contribution in [0.15, 0.2) is 0 Å². The van der Waals surface area contributed by atoms with Crippen molar-refractivity contribution in [1.82, 2.24) is 15.5 Å². The fourth-order valence-corrected chi connectivity index (χ4v) is 2.71. The van der Waals surface area contributed by atoms with Crippen LogP contribution < -0.4 is 10.6 Å². The van der Waals surface area contributed by atoms with Gasteiger partial charge in [-0.05, 0) is 53.8 Å². The minimum absolute atomic E-state index is 0.577. The molecule has 0 spiro atoms. The molecule has 0 radical (unpaired) electrons. The van der Waals surface area contributed by atoms with E-state index >= 15 is 0 Å². The molecule has 96 valence electrons. The fourth-order valence-electron chi connectivity index (χ4n) is 2.71. The third-order valence-corrected chi connectivity index (χ3v) is 3.26. The topological polar surface area (TPSA) is 27.3 Å². The van der Waals surface area contributed by atoms with Gasteiger partial charge >= 0.3 is 0 Å². The number of nitrogens with zero attached hydrogens (tertiary/aromatic N) is 1. The summed E-state index contributed by atoms with van der Waals surface area (Å²) in [6, 6.07) is 1.93. The van der Waals surface area contributed by atoms with E-state index in [9.17, 15) is 0 Å². The minimum atomic E-state index is 0.577. The summed E-state index contributed by atoms with van der Waals surface area (Å²) >= 11 is 0. The first-order valence-electron chi connectivity index (χ1n) is 6.72. The first-order chi connectivity index (χ1) is 7.58. The molecule has 1 heterocycles. The molecule has 1 saturated heterocycles. The van der Waals surface area contributed by atoms with E-state index in [1.165, 1.54) is 32.2 Å². The number of hydrogen-bond donors (Lipinski definition) is 2. The lowest BCUT2D eigenvalue weighted by atomic mass is 9.98. The molecule has 16 heavy (non-hydrogen) atoms. The largest absolute Gasteiger partial charge is 0.314 e. The van der Waals surface area contributed by atoms with Crippen LogP contribution in [0.4, 0.5) is 0 Å². The Bertz CT molecular complexity index is 176.